The molecule has 0 unspecified atom stereocenters. The summed E-state index contributed by atoms with van der Waals surface area (Å²) >= 11 is 6.92. The SMILES string of the molecule is C=CC(=O)N1CCN(c2nc(=O)n(-c3ccccc3C(C)C)c3c2/C=C(Cl)\C(c2ccc(F)cc2F)=C/CC3)[C@@H](C)C1. The second kappa shape index (κ2) is 12.1. The van der Waals surface area contributed by atoms with Crippen molar-refractivity contribution in [1.29, 1.82) is 0 Å². The molecule has 1 aliphatic heterocycles. The van der Waals surface area contributed by atoms with E-state index in [1.165, 1.54) is 18.2 Å². The normalized spacial score (nSPS) is 19.7. The lowest BCUT2D eigenvalue weighted by Crippen LogP contribution is -2.54. The minimum absolute atomic E-state index is 0.149. The number of aromatic nitrogens is 2. The van der Waals surface area contributed by atoms with Crippen molar-refractivity contribution in [2.24, 2.45) is 0 Å². The molecular formula is C33H33ClF2N4O2. The fourth-order valence-corrected chi connectivity index (χ4v) is 6.10. The number of hydrogen-bond acceptors (Lipinski definition) is 4. The number of nitrogens with zero attached hydrogens (tertiary/aromatic N) is 4. The highest BCUT2D eigenvalue weighted by Gasteiger charge is 2.31. The summed E-state index contributed by atoms with van der Waals surface area (Å²) in [6.45, 7) is 11.0. The molecule has 1 fully saturated rings. The number of amides is 1. The summed E-state index contributed by atoms with van der Waals surface area (Å²) in [4.78, 5) is 34.6. The molecule has 1 saturated heterocycles. The largest absolute Gasteiger partial charge is 0.354 e. The highest BCUT2D eigenvalue weighted by Crippen LogP contribution is 2.37. The Kier molecular flexibility index (Phi) is 8.45. The second-order valence-electron chi connectivity index (χ2n) is 10.9. The van der Waals surface area contributed by atoms with Crippen LogP contribution in [-0.2, 0) is 11.2 Å². The lowest BCUT2D eigenvalue weighted by atomic mass is 9.96. The number of piperazine rings is 1. The number of hydrogen-bond donors (Lipinski definition) is 0. The minimum Gasteiger partial charge on any atom is -0.350 e. The molecule has 0 saturated carbocycles. The first-order valence-electron chi connectivity index (χ1n) is 14.1. The van der Waals surface area contributed by atoms with Crippen molar-refractivity contribution < 1.29 is 13.6 Å². The molecule has 2 heterocycles. The minimum atomic E-state index is -0.709. The summed E-state index contributed by atoms with van der Waals surface area (Å²) < 4.78 is 30.2. The van der Waals surface area contributed by atoms with Gasteiger partial charge in [0.2, 0.25) is 5.91 Å². The van der Waals surface area contributed by atoms with Crippen LogP contribution in [0, 0.1) is 11.6 Å². The topological polar surface area (TPSA) is 58.4 Å². The number of rotatable bonds is 5. The maximum absolute atomic E-state index is 14.9. The van der Waals surface area contributed by atoms with Crippen LogP contribution in [0.25, 0.3) is 17.3 Å². The molecule has 9 heteroatoms. The average molecular weight is 591 g/mol. The van der Waals surface area contributed by atoms with Gasteiger partial charge in [0.1, 0.15) is 17.5 Å². The summed E-state index contributed by atoms with van der Waals surface area (Å²) in [5, 5.41) is 0.250. The van der Waals surface area contributed by atoms with Crippen LogP contribution in [0.15, 0.2) is 71.0 Å². The van der Waals surface area contributed by atoms with Gasteiger partial charge in [0.05, 0.1) is 5.69 Å². The van der Waals surface area contributed by atoms with E-state index in [2.05, 4.69) is 25.4 Å². The Morgan fingerprint density at radius 1 is 1.17 bits per heavy atom. The number of carbonyl (C=O) groups excluding carboxylic acids is 1. The summed E-state index contributed by atoms with van der Waals surface area (Å²) in [6.07, 6.45) is 5.75. The zero-order valence-corrected chi connectivity index (χ0v) is 24.7. The first kappa shape index (κ1) is 29.5. The van der Waals surface area contributed by atoms with E-state index in [0.717, 1.165) is 23.0 Å². The Bertz CT molecular complexity index is 1680. The standard InChI is InChI=1S/C33H33ClF2N4O2/c1-5-31(41)38-15-16-39(21(4)19-38)32-26-18-27(34)24(25-14-13-22(35)17-28(25)36)10-8-12-30(26)40(33(42)37-32)29-11-7-6-9-23(29)20(2)3/h5-7,9-11,13-14,17-18,20-21H,1,8,12,15-16,19H2,2-4H3/b24-10-,27-18+/t21-/m0/s1. The zero-order chi connectivity index (χ0) is 30.1. The Balaban J connectivity index is 1.72. The van der Waals surface area contributed by atoms with Crippen molar-refractivity contribution in [1.82, 2.24) is 14.5 Å². The van der Waals surface area contributed by atoms with Gasteiger partial charge < -0.3 is 9.80 Å². The molecule has 2 aromatic carbocycles. The molecule has 0 N–H and O–H groups in total. The van der Waals surface area contributed by atoms with Crippen molar-refractivity contribution >= 4 is 35.0 Å². The summed E-state index contributed by atoms with van der Waals surface area (Å²) in [7, 11) is 0. The van der Waals surface area contributed by atoms with Gasteiger partial charge >= 0.3 is 5.69 Å². The molecule has 42 heavy (non-hydrogen) atoms. The summed E-state index contributed by atoms with van der Waals surface area (Å²) in [5.41, 5.74) is 3.38. The fraction of sp³-hybridized carbons (Fsp3) is 0.303. The Morgan fingerprint density at radius 3 is 2.62 bits per heavy atom. The molecule has 1 aliphatic carbocycles. The third-order valence-corrected chi connectivity index (χ3v) is 8.19. The van der Waals surface area contributed by atoms with Gasteiger partial charge in [-0.3, -0.25) is 9.36 Å². The second-order valence-corrected chi connectivity index (χ2v) is 11.3. The van der Waals surface area contributed by atoms with Crippen molar-refractivity contribution in [2.75, 3.05) is 24.5 Å². The molecule has 1 aromatic heterocycles. The van der Waals surface area contributed by atoms with Gasteiger partial charge in [-0.2, -0.15) is 4.98 Å². The zero-order valence-electron chi connectivity index (χ0n) is 23.9. The molecule has 1 amide bonds. The molecule has 2 aliphatic rings. The van der Waals surface area contributed by atoms with Crippen LogP contribution in [0.1, 0.15) is 55.5 Å². The molecule has 1 atom stereocenters. The third kappa shape index (κ3) is 5.55. The number of benzene rings is 2. The van der Waals surface area contributed by atoms with E-state index in [-0.39, 0.29) is 28.5 Å². The van der Waals surface area contributed by atoms with E-state index in [1.807, 2.05) is 42.2 Å². The van der Waals surface area contributed by atoms with Crippen LogP contribution in [0.2, 0.25) is 0 Å². The molecule has 0 spiro atoms. The Labute approximate surface area is 249 Å². The van der Waals surface area contributed by atoms with E-state index in [9.17, 15) is 18.4 Å². The molecule has 6 nitrogen and oxygen atoms in total. The number of allylic oxidation sites excluding steroid dienone is 3. The summed E-state index contributed by atoms with van der Waals surface area (Å²) in [6, 6.07) is 11.0. The van der Waals surface area contributed by atoms with E-state index >= 15 is 0 Å². The van der Waals surface area contributed by atoms with Gasteiger partial charge in [-0.25, -0.2) is 13.6 Å². The first-order chi connectivity index (χ1) is 20.1. The first-order valence-corrected chi connectivity index (χ1v) is 14.4. The highest BCUT2D eigenvalue weighted by molar-refractivity contribution is 6.39. The van der Waals surface area contributed by atoms with E-state index in [1.54, 1.807) is 15.5 Å². The molecule has 0 bridgehead atoms. The van der Waals surface area contributed by atoms with E-state index in [0.29, 0.717) is 49.4 Å². The summed E-state index contributed by atoms with van der Waals surface area (Å²) in [5.74, 6) is -0.913. The highest BCUT2D eigenvalue weighted by atomic mass is 35.5. The van der Waals surface area contributed by atoms with Crippen molar-refractivity contribution in [3.05, 3.63) is 111 Å². The third-order valence-electron chi connectivity index (χ3n) is 7.88. The van der Waals surface area contributed by atoms with Gasteiger partial charge in [0, 0.05) is 53.6 Å². The van der Waals surface area contributed by atoms with Crippen LogP contribution < -0.4 is 10.6 Å². The van der Waals surface area contributed by atoms with Crippen LogP contribution in [-0.4, -0.2) is 46.0 Å². The number of para-hydroxylation sites is 1. The van der Waals surface area contributed by atoms with Crippen LogP contribution >= 0.6 is 11.6 Å². The quantitative estimate of drug-likeness (QED) is 0.320. The van der Waals surface area contributed by atoms with Gasteiger partial charge in [-0.1, -0.05) is 56.3 Å². The molecule has 3 aromatic rings. The van der Waals surface area contributed by atoms with Crippen LogP contribution in [0.3, 0.4) is 0 Å². The lowest BCUT2D eigenvalue weighted by molar-refractivity contribution is -0.126. The van der Waals surface area contributed by atoms with Crippen LogP contribution in [0.5, 0.6) is 0 Å². The number of carbonyl (C=O) groups is 1. The lowest BCUT2D eigenvalue weighted by Gasteiger charge is -2.41. The fourth-order valence-electron chi connectivity index (χ4n) is 5.81. The monoisotopic (exact) mass is 590 g/mol. The Hall–Kier alpha value is -4.04. The molecule has 5 rings (SSSR count). The maximum Gasteiger partial charge on any atom is 0.354 e. The van der Waals surface area contributed by atoms with E-state index < -0.39 is 17.3 Å². The van der Waals surface area contributed by atoms with Gasteiger partial charge in [-0.15, -0.1) is 0 Å². The van der Waals surface area contributed by atoms with Gasteiger partial charge in [-0.05, 0) is 67.2 Å². The van der Waals surface area contributed by atoms with Crippen molar-refractivity contribution in [3.63, 3.8) is 0 Å². The Morgan fingerprint density at radius 2 is 1.93 bits per heavy atom. The van der Waals surface area contributed by atoms with Gasteiger partial charge in [0.25, 0.3) is 0 Å². The number of fused-ring (bicyclic) bond motifs is 1. The average Bonchev–Trinajstić information content (AvgIpc) is 2.95. The van der Waals surface area contributed by atoms with E-state index in [4.69, 9.17) is 11.6 Å². The molecule has 218 valence electrons. The maximum atomic E-state index is 14.9. The molecule has 0 radical (unpaired) electrons. The predicted molar refractivity (Wildman–Crippen MR) is 164 cm³/mol. The number of anilines is 1. The van der Waals surface area contributed by atoms with Crippen molar-refractivity contribution in [2.45, 2.75) is 45.6 Å². The number of halogens is 3. The van der Waals surface area contributed by atoms with Gasteiger partial charge in [0.15, 0.2) is 0 Å². The van der Waals surface area contributed by atoms with Crippen LogP contribution in [0.4, 0.5) is 14.6 Å². The smallest absolute Gasteiger partial charge is 0.350 e. The predicted octanol–water partition coefficient (Wildman–Crippen LogP) is 6.47. The van der Waals surface area contributed by atoms with Crippen molar-refractivity contribution in [3.8, 4) is 5.69 Å². The molecular weight excluding hydrogens is 558 g/mol.